The lowest BCUT2D eigenvalue weighted by Gasteiger charge is -2.09. The molecular formula is C9H12NO6PS. The fraction of sp³-hybridized carbons (Fsp3) is 0.333. The molecule has 0 saturated carbocycles. The summed E-state index contributed by atoms with van der Waals surface area (Å²) in [5.74, 6) is 0. The van der Waals surface area contributed by atoms with Gasteiger partial charge in [-0.05, 0) is 25.5 Å². The van der Waals surface area contributed by atoms with Crippen LogP contribution in [0.25, 0.3) is 0 Å². The first-order chi connectivity index (χ1) is 8.35. The number of nitro benzene ring substituents is 1. The van der Waals surface area contributed by atoms with Crippen LogP contribution in [0.15, 0.2) is 23.1 Å². The molecule has 0 aliphatic heterocycles. The number of aryl methyl sites for hydroxylation is 1. The maximum Gasteiger partial charge on any atom is 0.483 e. The van der Waals surface area contributed by atoms with Gasteiger partial charge in [-0.2, -0.15) is 0 Å². The van der Waals surface area contributed by atoms with E-state index in [1.807, 2.05) is 0 Å². The van der Waals surface area contributed by atoms with Gasteiger partial charge in [-0.1, -0.05) is 6.07 Å². The summed E-state index contributed by atoms with van der Waals surface area (Å²) in [7, 11) is -4.18. The van der Waals surface area contributed by atoms with E-state index < -0.39 is 12.7 Å². The van der Waals surface area contributed by atoms with Crippen molar-refractivity contribution in [3.05, 3.63) is 33.9 Å². The van der Waals surface area contributed by atoms with Gasteiger partial charge in [0.05, 0.1) is 11.5 Å². The summed E-state index contributed by atoms with van der Waals surface area (Å²) in [4.78, 5) is 19.5. The van der Waals surface area contributed by atoms with Gasteiger partial charge in [0.15, 0.2) is 0 Å². The summed E-state index contributed by atoms with van der Waals surface area (Å²) in [6, 6.07) is 4.38. The predicted molar refractivity (Wildman–Crippen MR) is 66.2 cm³/mol. The fourth-order valence-corrected chi connectivity index (χ4v) is 2.77. The zero-order valence-corrected chi connectivity index (χ0v) is 11.4. The second kappa shape index (κ2) is 6.31. The Kier molecular flexibility index (Phi) is 5.30. The first-order valence-corrected chi connectivity index (χ1v) is 7.18. The van der Waals surface area contributed by atoms with Gasteiger partial charge in [0, 0.05) is 18.1 Å². The number of phosphoric ester groups is 1. The van der Waals surface area contributed by atoms with Crippen LogP contribution >= 0.6 is 19.9 Å². The highest BCUT2D eigenvalue weighted by Gasteiger charge is 2.24. The molecule has 0 bridgehead atoms. The van der Waals surface area contributed by atoms with E-state index >= 15 is 0 Å². The van der Waals surface area contributed by atoms with Crippen molar-refractivity contribution in [2.24, 2.45) is 0 Å². The number of nitro groups is 1. The van der Waals surface area contributed by atoms with Gasteiger partial charge in [-0.15, -0.1) is 0 Å². The van der Waals surface area contributed by atoms with Gasteiger partial charge in [0.2, 0.25) is 0 Å². The summed E-state index contributed by atoms with van der Waals surface area (Å²) in [5, 5.41) is 10.8. The van der Waals surface area contributed by atoms with Crippen LogP contribution in [0.3, 0.4) is 0 Å². The van der Waals surface area contributed by atoms with Crippen LogP contribution < -0.4 is 0 Å². The lowest BCUT2D eigenvalue weighted by molar-refractivity contribution is -0.387. The minimum atomic E-state index is -4.18. The molecule has 0 spiro atoms. The summed E-state index contributed by atoms with van der Waals surface area (Å²) in [6.07, 6.45) is 0. The second-order valence-corrected chi connectivity index (χ2v) is 5.67. The molecule has 0 fully saturated rings. The predicted octanol–water partition coefficient (Wildman–Crippen LogP) is 3.06. The van der Waals surface area contributed by atoms with Crippen LogP contribution in [0, 0.1) is 17.0 Å². The van der Waals surface area contributed by atoms with Crippen molar-refractivity contribution in [3.63, 3.8) is 0 Å². The van der Waals surface area contributed by atoms with Crippen molar-refractivity contribution >= 4 is 25.6 Å². The third-order valence-electron chi connectivity index (χ3n) is 1.83. The Bertz CT molecular complexity index is 494. The largest absolute Gasteiger partial charge is 0.483 e. The van der Waals surface area contributed by atoms with Gasteiger partial charge in [0.25, 0.3) is 5.69 Å². The highest BCUT2D eigenvalue weighted by atomic mass is 32.2. The lowest BCUT2D eigenvalue weighted by atomic mass is 10.2. The summed E-state index contributed by atoms with van der Waals surface area (Å²) in [5.41, 5.74) is 0.581. The molecule has 0 heterocycles. The average molecular weight is 293 g/mol. The quantitative estimate of drug-likeness (QED) is 0.372. The molecule has 9 heteroatoms. The minimum Gasteiger partial charge on any atom is -0.302 e. The Morgan fingerprint density at radius 2 is 2.22 bits per heavy atom. The monoisotopic (exact) mass is 293 g/mol. The van der Waals surface area contributed by atoms with Crippen LogP contribution in [0.1, 0.15) is 12.5 Å². The molecule has 0 aliphatic carbocycles. The molecule has 1 N–H and O–H groups in total. The van der Waals surface area contributed by atoms with E-state index in [0.29, 0.717) is 12.0 Å². The molecule has 0 aliphatic rings. The van der Waals surface area contributed by atoms with Crippen molar-refractivity contribution in [3.8, 4) is 0 Å². The number of phosphoric acid groups is 1. The third-order valence-corrected chi connectivity index (χ3v) is 3.97. The Morgan fingerprint density at radius 1 is 1.56 bits per heavy atom. The Hall–Kier alpha value is -0.920. The van der Waals surface area contributed by atoms with Crippen molar-refractivity contribution < 1.29 is 22.9 Å². The van der Waals surface area contributed by atoms with Crippen molar-refractivity contribution in [2.75, 3.05) is 6.61 Å². The van der Waals surface area contributed by atoms with Gasteiger partial charge >= 0.3 is 7.82 Å². The molecular weight excluding hydrogens is 281 g/mol. The maximum absolute atomic E-state index is 11.3. The molecule has 1 atom stereocenters. The highest BCUT2D eigenvalue weighted by molar-refractivity contribution is 7.98. The van der Waals surface area contributed by atoms with E-state index in [2.05, 4.69) is 8.49 Å². The standard InChI is InChI=1S/C9H12NO6PS/c1-3-15-17(13,14)16-18-9-6-7(2)4-5-8(9)10(11)12/h4-6H,3H2,1-2H3,(H,13,14). The number of benzene rings is 1. The zero-order valence-electron chi connectivity index (χ0n) is 9.73. The van der Waals surface area contributed by atoms with Crippen molar-refractivity contribution in [2.45, 2.75) is 18.7 Å². The molecule has 0 amide bonds. The number of hydrogen-bond acceptors (Lipinski definition) is 6. The summed E-state index contributed by atoms with van der Waals surface area (Å²) < 4.78 is 20.4. The van der Waals surface area contributed by atoms with Crippen molar-refractivity contribution in [1.29, 1.82) is 0 Å². The molecule has 18 heavy (non-hydrogen) atoms. The molecule has 0 radical (unpaired) electrons. The molecule has 1 rings (SSSR count). The first kappa shape index (κ1) is 15.1. The van der Waals surface area contributed by atoms with Crippen LogP contribution in [-0.2, 0) is 13.1 Å². The van der Waals surface area contributed by atoms with Crippen LogP contribution in [-0.4, -0.2) is 16.4 Å². The molecule has 7 nitrogen and oxygen atoms in total. The van der Waals surface area contributed by atoms with E-state index in [9.17, 15) is 19.6 Å². The normalized spacial score (nSPS) is 14.2. The smallest absolute Gasteiger partial charge is 0.302 e. The molecule has 0 saturated heterocycles. The van der Waals surface area contributed by atoms with Gasteiger partial charge < -0.3 is 4.89 Å². The molecule has 1 aromatic carbocycles. The molecule has 100 valence electrons. The lowest BCUT2D eigenvalue weighted by Crippen LogP contribution is -1.93. The highest BCUT2D eigenvalue weighted by Crippen LogP contribution is 2.50. The maximum atomic E-state index is 11.3. The van der Waals surface area contributed by atoms with E-state index in [0.717, 1.165) is 5.56 Å². The van der Waals surface area contributed by atoms with Gasteiger partial charge in [-0.25, -0.2) is 8.54 Å². The zero-order chi connectivity index (χ0) is 13.8. The number of rotatable bonds is 6. The number of nitrogens with zero attached hydrogens (tertiary/aromatic N) is 1. The Morgan fingerprint density at radius 3 is 2.78 bits per heavy atom. The second-order valence-electron chi connectivity index (χ2n) is 3.27. The SMILES string of the molecule is CCOP(=O)(O)OSc1cc(C)ccc1[N+](=O)[O-]. The molecule has 1 unspecified atom stereocenters. The first-order valence-electron chi connectivity index (χ1n) is 4.94. The van der Waals surface area contributed by atoms with Gasteiger partial charge in [-0.3, -0.25) is 14.6 Å². The average Bonchev–Trinajstić information content (AvgIpc) is 2.26. The fourth-order valence-electron chi connectivity index (χ4n) is 1.11. The van der Waals surface area contributed by atoms with Gasteiger partial charge in [0.1, 0.15) is 4.90 Å². The van der Waals surface area contributed by atoms with E-state index in [4.69, 9.17) is 0 Å². The van der Waals surface area contributed by atoms with Crippen LogP contribution in [0.5, 0.6) is 0 Å². The molecule has 1 aromatic rings. The Labute approximate surface area is 108 Å². The van der Waals surface area contributed by atoms with E-state index in [1.165, 1.54) is 19.1 Å². The van der Waals surface area contributed by atoms with Crippen LogP contribution in [0.2, 0.25) is 0 Å². The van der Waals surface area contributed by atoms with Crippen LogP contribution in [0.4, 0.5) is 5.69 Å². The summed E-state index contributed by atoms with van der Waals surface area (Å²) >= 11 is 0.457. The summed E-state index contributed by atoms with van der Waals surface area (Å²) in [6.45, 7) is 3.28. The topological polar surface area (TPSA) is 98.9 Å². The van der Waals surface area contributed by atoms with Crippen molar-refractivity contribution in [1.82, 2.24) is 0 Å². The third kappa shape index (κ3) is 4.40. The Balaban J connectivity index is 2.87. The van der Waals surface area contributed by atoms with E-state index in [1.54, 1.807) is 13.0 Å². The minimum absolute atomic E-state index is 0.00421. The molecule has 0 aromatic heterocycles. The van der Waals surface area contributed by atoms with E-state index in [-0.39, 0.29) is 17.2 Å². The number of hydrogen-bond donors (Lipinski definition) is 1.